The summed E-state index contributed by atoms with van der Waals surface area (Å²) in [6.45, 7) is 0.553. The molecule has 1 aromatic carbocycles. The van der Waals surface area contributed by atoms with Gasteiger partial charge >= 0.3 is 0 Å². The Morgan fingerprint density at radius 1 is 1.23 bits per heavy atom. The lowest BCUT2D eigenvalue weighted by atomic mass is 10.3. The Balaban J connectivity index is 1.51. The zero-order valence-corrected chi connectivity index (χ0v) is 13.2. The van der Waals surface area contributed by atoms with Crippen LogP contribution in [0.2, 0.25) is 0 Å². The number of thioether (sulfide) groups is 1. The summed E-state index contributed by atoms with van der Waals surface area (Å²) in [5.41, 5.74) is 1.84. The zero-order valence-electron chi connectivity index (χ0n) is 12.4. The second kappa shape index (κ2) is 6.87. The molecule has 0 aliphatic heterocycles. The van der Waals surface area contributed by atoms with Gasteiger partial charge in [0, 0.05) is 11.3 Å². The van der Waals surface area contributed by atoms with Gasteiger partial charge in [0.25, 0.3) is 5.56 Å². The molecule has 0 bridgehead atoms. The van der Waals surface area contributed by atoms with Crippen molar-refractivity contribution in [2.24, 2.45) is 0 Å². The van der Waals surface area contributed by atoms with Gasteiger partial charge in [0.15, 0.2) is 5.16 Å². The first kappa shape index (κ1) is 15.0. The van der Waals surface area contributed by atoms with Crippen LogP contribution in [0.1, 0.15) is 17.7 Å². The van der Waals surface area contributed by atoms with E-state index in [0.29, 0.717) is 11.8 Å². The van der Waals surface area contributed by atoms with Crippen molar-refractivity contribution in [1.29, 1.82) is 0 Å². The highest BCUT2D eigenvalue weighted by Crippen LogP contribution is 2.20. The zero-order chi connectivity index (χ0) is 15.4. The second-order valence-corrected chi connectivity index (χ2v) is 6.11. The molecule has 5 nitrogen and oxygen atoms in total. The number of hydrogen-bond donors (Lipinski definition) is 1. The predicted molar refractivity (Wildman–Crippen MR) is 86.1 cm³/mol. The van der Waals surface area contributed by atoms with Crippen LogP contribution in [0.4, 0.5) is 0 Å². The van der Waals surface area contributed by atoms with Crippen molar-refractivity contribution in [3.8, 4) is 11.5 Å². The van der Waals surface area contributed by atoms with Gasteiger partial charge in [0.2, 0.25) is 0 Å². The average molecular weight is 318 g/mol. The van der Waals surface area contributed by atoms with Crippen LogP contribution in [0.3, 0.4) is 0 Å². The summed E-state index contributed by atoms with van der Waals surface area (Å²) < 4.78 is 10.8. The minimum Gasteiger partial charge on any atom is -0.497 e. The summed E-state index contributed by atoms with van der Waals surface area (Å²) in [7, 11) is 1.64. The maximum atomic E-state index is 11.9. The minimum absolute atomic E-state index is 0.0149. The molecule has 1 aromatic heterocycles. The Morgan fingerprint density at radius 2 is 2.00 bits per heavy atom. The van der Waals surface area contributed by atoms with Crippen LogP contribution in [-0.2, 0) is 12.8 Å². The van der Waals surface area contributed by atoms with Gasteiger partial charge in [-0.1, -0.05) is 11.8 Å². The Morgan fingerprint density at radius 3 is 2.77 bits per heavy atom. The van der Waals surface area contributed by atoms with Gasteiger partial charge in [-0.15, -0.1) is 0 Å². The van der Waals surface area contributed by atoms with E-state index in [0.717, 1.165) is 47.8 Å². The fourth-order valence-corrected chi connectivity index (χ4v) is 3.16. The number of aromatic amines is 1. The molecule has 0 saturated carbocycles. The molecule has 0 spiro atoms. The van der Waals surface area contributed by atoms with Crippen molar-refractivity contribution in [1.82, 2.24) is 9.97 Å². The average Bonchev–Trinajstić information content (AvgIpc) is 3.01. The fourth-order valence-electron chi connectivity index (χ4n) is 2.46. The number of aromatic nitrogens is 2. The van der Waals surface area contributed by atoms with E-state index in [1.807, 2.05) is 24.3 Å². The number of rotatable bonds is 6. The molecule has 1 aliphatic carbocycles. The monoisotopic (exact) mass is 318 g/mol. The molecule has 1 heterocycles. The van der Waals surface area contributed by atoms with Crippen molar-refractivity contribution in [3.05, 3.63) is 45.9 Å². The number of H-pyrrole nitrogens is 1. The van der Waals surface area contributed by atoms with E-state index in [1.165, 1.54) is 11.8 Å². The summed E-state index contributed by atoms with van der Waals surface area (Å²) in [4.78, 5) is 19.3. The molecule has 0 radical (unpaired) electrons. The van der Waals surface area contributed by atoms with E-state index in [-0.39, 0.29) is 5.56 Å². The largest absolute Gasteiger partial charge is 0.497 e. The molecule has 0 fully saturated rings. The van der Waals surface area contributed by atoms with Gasteiger partial charge in [0.05, 0.1) is 19.4 Å². The number of nitrogens with zero attached hydrogens (tertiary/aromatic N) is 1. The maximum absolute atomic E-state index is 11.9. The Kier molecular flexibility index (Phi) is 4.68. The van der Waals surface area contributed by atoms with Gasteiger partial charge in [-0.2, -0.15) is 0 Å². The minimum atomic E-state index is 0.0149. The van der Waals surface area contributed by atoms with Crippen LogP contribution in [-0.4, -0.2) is 29.4 Å². The normalized spacial score (nSPS) is 13.0. The predicted octanol–water partition coefficient (Wildman–Crippen LogP) is 2.44. The molecule has 0 atom stereocenters. The molecule has 0 amide bonds. The third-order valence-electron chi connectivity index (χ3n) is 3.57. The highest BCUT2D eigenvalue weighted by molar-refractivity contribution is 7.99. The number of aryl methyl sites for hydroxylation is 1. The van der Waals surface area contributed by atoms with Crippen molar-refractivity contribution in [2.45, 2.75) is 24.4 Å². The second-order valence-electron chi connectivity index (χ2n) is 5.02. The van der Waals surface area contributed by atoms with Crippen LogP contribution >= 0.6 is 11.8 Å². The van der Waals surface area contributed by atoms with Crippen LogP contribution in [0.15, 0.2) is 34.2 Å². The Bertz CT molecular complexity index is 698. The number of fused-ring (bicyclic) bond motifs is 1. The van der Waals surface area contributed by atoms with E-state index < -0.39 is 0 Å². The Labute approximate surface area is 133 Å². The summed E-state index contributed by atoms with van der Waals surface area (Å²) in [5.74, 6) is 2.34. The lowest BCUT2D eigenvalue weighted by Gasteiger charge is -2.07. The van der Waals surface area contributed by atoms with Crippen LogP contribution in [0.5, 0.6) is 11.5 Å². The summed E-state index contributed by atoms with van der Waals surface area (Å²) in [6, 6.07) is 7.47. The lowest BCUT2D eigenvalue weighted by molar-refractivity contribution is 0.342. The number of hydrogen-bond acceptors (Lipinski definition) is 5. The Hall–Kier alpha value is -1.95. The summed E-state index contributed by atoms with van der Waals surface area (Å²) in [6.07, 6.45) is 2.79. The molecule has 22 heavy (non-hydrogen) atoms. The molecule has 1 aliphatic rings. The van der Waals surface area contributed by atoms with Crippen molar-refractivity contribution in [3.63, 3.8) is 0 Å². The third-order valence-corrected chi connectivity index (χ3v) is 4.41. The van der Waals surface area contributed by atoms with Gasteiger partial charge in [-0.25, -0.2) is 4.98 Å². The highest BCUT2D eigenvalue weighted by Gasteiger charge is 2.17. The van der Waals surface area contributed by atoms with Crippen LogP contribution in [0.25, 0.3) is 0 Å². The highest BCUT2D eigenvalue weighted by atomic mass is 32.2. The molecule has 116 valence electrons. The van der Waals surface area contributed by atoms with Crippen LogP contribution in [0, 0.1) is 0 Å². The molecule has 2 aromatic rings. The van der Waals surface area contributed by atoms with E-state index in [9.17, 15) is 4.79 Å². The van der Waals surface area contributed by atoms with E-state index in [2.05, 4.69) is 9.97 Å². The van der Waals surface area contributed by atoms with Crippen LogP contribution < -0.4 is 15.0 Å². The fraction of sp³-hybridized carbons (Fsp3) is 0.375. The first-order chi connectivity index (χ1) is 10.8. The van der Waals surface area contributed by atoms with Gasteiger partial charge in [0.1, 0.15) is 11.5 Å². The SMILES string of the molecule is COc1ccc(OCCSc2nc3c(c(=O)[nH]2)CCC3)cc1. The van der Waals surface area contributed by atoms with Gasteiger partial charge in [-0.05, 0) is 43.5 Å². The molecular formula is C16H18N2O3S. The summed E-state index contributed by atoms with van der Waals surface area (Å²) in [5, 5.41) is 0.684. The maximum Gasteiger partial charge on any atom is 0.254 e. The number of methoxy groups -OCH3 is 1. The molecule has 0 saturated heterocycles. The van der Waals surface area contributed by atoms with Crippen molar-refractivity contribution < 1.29 is 9.47 Å². The van der Waals surface area contributed by atoms with E-state index in [1.54, 1.807) is 7.11 Å². The molecule has 3 rings (SSSR count). The summed E-state index contributed by atoms with van der Waals surface area (Å²) >= 11 is 1.51. The first-order valence-electron chi connectivity index (χ1n) is 7.28. The standard InChI is InChI=1S/C16H18N2O3S/c1-20-11-5-7-12(8-6-11)21-9-10-22-16-17-14-4-2-3-13(14)15(19)18-16/h5-8H,2-4,9-10H2,1H3,(H,17,18,19). The van der Waals surface area contributed by atoms with Gasteiger partial charge < -0.3 is 14.5 Å². The topological polar surface area (TPSA) is 64.2 Å². The smallest absolute Gasteiger partial charge is 0.254 e. The molecule has 6 heteroatoms. The van der Waals surface area contributed by atoms with Gasteiger partial charge in [-0.3, -0.25) is 4.79 Å². The molecular weight excluding hydrogens is 300 g/mol. The third kappa shape index (κ3) is 3.44. The number of nitrogens with one attached hydrogen (secondary N) is 1. The number of ether oxygens (including phenoxy) is 2. The number of benzene rings is 1. The van der Waals surface area contributed by atoms with E-state index in [4.69, 9.17) is 9.47 Å². The van der Waals surface area contributed by atoms with Crippen molar-refractivity contribution >= 4 is 11.8 Å². The molecule has 1 N–H and O–H groups in total. The lowest BCUT2D eigenvalue weighted by Crippen LogP contribution is -2.15. The van der Waals surface area contributed by atoms with E-state index >= 15 is 0 Å². The van der Waals surface area contributed by atoms with Crippen molar-refractivity contribution in [2.75, 3.05) is 19.5 Å². The first-order valence-corrected chi connectivity index (χ1v) is 8.26. The quantitative estimate of drug-likeness (QED) is 0.503. The molecule has 0 unspecified atom stereocenters.